The van der Waals surface area contributed by atoms with Gasteiger partial charge in [0.05, 0.1) is 0 Å². The van der Waals surface area contributed by atoms with Crippen molar-refractivity contribution in [1.82, 2.24) is 0 Å². The van der Waals surface area contributed by atoms with Gasteiger partial charge in [0.15, 0.2) is 0 Å². The van der Waals surface area contributed by atoms with Crippen molar-refractivity contribution in [3.05, 3.63) is 40.5 Å². The summed E-state index contributed by atoms with van der Waals surface area (Å²) in [6.07, 6.45) is 2.17. The van der Waals surface area contributed by atoms with Gasteiger partial charge in [-0.05, 0) is 37.5 Å². The molecule has 0 saturated carbocycles. The van der Waals surface area contributed by atoms with Crippen LogP contribution in [0, 0.1) is 13.8 Å². The van der Waals surface area contributed by atoms with Crippen LogP contribution in [-0.4, -0.2) is 6.54 Å². The maximum atomic E-state index is 5.55. The first-order valence-electron chi connectivity index (χ1n) is 4.58. The van der Waals surface area contributed by atoms with E-state index < -0.39 is 0 Å². The van der Waals surface area contributed by atoms with Crippen molar-refractivity contribution in [3.63, 3.8) is 0 Å². The highest BCUT2D eigenvalue weighted by Gasteiger charge is 1.98. The van der Waals surface area contributed by atoms with E-state index in [1.54, 1.807) is 0 Å². The van der Waals surface area contributed by atoms with Gasteiger partial charge in [0.2, 0.25) is 0 Å². The Hall–Kier alpha value is -1.08. The molecule has 0 aromatic heterocycles. The highest BCUT2D eigenvalue weighted by molar-refractivity contribution is 5.59. The third-order valence-corrected chi connectivity index (χ3v) is 2.25. The topological polar surface area (TPSA) is 26.0 Å². The Morgan fingerprint density at radius 2 is 1.85 bits per heavy atom. The van der Waals surface area contributed by atoms with Crippen LogP contribution in [0.5, 0.6) is 0 Å². The van der Waals surface area contributed by atoms with E-state index >= 15 is 0 Å². The van der Waals surface area contributed by atoms with Crippen LogP contribution >= 0.6 is 0 Å². The first-order chi connectivity index (χ1) is 6.15. The van der Waals surface area contributed by atoms with Gasteiger partial charge in [-0.2, -0.15) is 0 Å². The van der Waals surface area contributed by atoms with E-state index in [4.69, 9.17) is 5.73 Å². The van der Waals surface area contributed by atoms with E-state index in [1.807, 2.05) is 0 Å². The molecule has 0 aliphatic carbocycles. The molecule has 0 aliphatic rings. The van der Waals surface area contributed by atoms with E-state index in [0.29, 0.717) is 6.54 Å². The van der Waals surface area contributed by atoms with Gasteiger partial charge in [0.25, 0.3) is 0 Å². The van der Waals surface area contributed by atoms with Crippen molar-refractivity contribution in [3.8, 4) is 0 Å². The highest BCUT2D eigenvalue weighted by atomic mass is 14.5. The van der Waals surface area contributed by atoms with Crippen molar-refractivity contribution >= 4 is 6.08 Å². The minimum absolute atomic E-state index is 0.633. The molecule has 0 unspecified atom stereocenters. The summed E-state index contributed by atoms with van der Waals surface area (Å²) >= 11 is 0. The van der Waals surface area contributed by atoms with E-state index in [9.17, 15) is 0 Å². The second-order valence-electron chi connectivity index (χ2n) is 3.50. The van der Waals surface area contributed by atoms with Gasteiger partial charge in [0.1, 0.15) is 0 Å². The Balaban J connectivity index is 3.14. The van der Waals surface area contributed by atoms with E-state index in [2.05, 4.69) is 45.0 Å². The molecule has 0 atom stereocenters. The quantitative estimate of drug-likeness (QED) is 0.734. The lowest BCUT2D eigenvalue weighted by atomic mass is 10.0. The molecule has 2 N–H and O–H groups in total. The maximum Gasteiger partial charge on any atom is 0.0137 e. The summed E-state index contributed by atoms with van der Waals surface area (Å²) in [6.45, 7) is 6.95. The van der Waals surface area contributed by atoms with Crippen LogP contribution in [0.2, 0.25) is 0 Å². The Labute approximate surface area is 80.3 Å². The van der Waals surface area contributed by atoms with Gasteiger partial charge in [-0.3, -0.25) is 0 Å². The van der Waals surface area contributed by atoms with Crippen LogP contribution in [-0.2, 0) is 0 Å². The molecule has 0 heterocycles. The number of benzene rings is 1. The van der Waals surface area contributed by atoms with Crippen LogP contribution in [0.3, 0.4) is 0 Å². The van der Waals surface area contributed by atoms with Crippen molar-refractivity contribution in [2.45, 2.75) is 20.8 Å². The van der Waals surface area contributed by atoms with Crippen molar-refractivity contribution in [2.24, 2.45) is 5.73 Å². The van der Waals surface area contributed by atoms with Crippen LogP contribution in [0.25, 0.3) is 6.08 Å². The Morgan fingerprint density at radius 1 is 1.31 bits per heavy atom. The highest BCUT2D eigenvalue weighted by Crippen LogP contribution is 2.16. The van der Waals surface area contributed by atoms with Crippen molar-refractivity contribution in [2.75, 3.05) is 6.54 Å². The molecule has 0 radical (unpaired) electrons. The summed E-state index contributed by atoms with van der Waals surface area (Å²) in [4.78, 5) is 0. The van der Waals surface area contributed by atoms with Crippen LogP contribution in [0.4, 0.5) is 0 Å². The molecule has 1 rings (SSSR count). The normalized spacial score (nSPS) is 11.8. The number of rotatable bonds is 2. The molecule has 0 fully saturated rings. The van der Waals surface area contributed by atoms with Gasteiger partial charge >= 0.3 is 0 Å². The molecule has 0 saturated heterocycles. The molecule has 1 aromatic carbocycles. The summed E-state index contributed by atoms with van der Waals surface area (Å²) < 4.78 is 0. The minimum Gasteiger partial charge on any atom is -0.327 e. The fourth-order valence-corrected chi connectivity index (χ4v) is 1.36. The predicted octanol–water partition coefficient (Wildman–Crippen LogP) is 2.67. The van der Waals surface area contributed by atoms with E-state index in [1.165, 1.54) is 22.3 Å². The zero-order valence-corrected chi connectivity index (χ0v) is 8.59. The maximum absolute atomic E-state index is 5.55. The van der Waals surface area contributed by atoms with Crippen LogP contribution < -0.4 is 5.73 Å². The Bertz CT molecular complexity index is 304. The lowest BCUT2D eigenvalue weighted by Gasteiger charge is -2.05. The standard InChI is InChI=1S/C12H17N/c1-9(8-13)7-12-10(2)5-4-6-11(12)3/h4-7H,8,13H2,1-3H3/b9-7-. The van der Waals surface area contributed by atoms with Crippen molar-refractivity contribution in [1.29, 1.82) is 0 Å². The molecule has 13 heavy (non-hydrogen) atoms. The largest absolute Gasteiger partial charge is 0.327 e. The summed E-state index contributed by atoms with van der Waals surface area (Å²) in [5.74, 6) is 0. The molecule has 0 spiro atoms. The number of hydrogen-bond acceptors (Lipinski definition) is 1. The molecular weight excluding hydrogens is 158 g/mol. The van der Waals surface area contributed by atoms with Crippen LogP contribution in [0.1, 0.15) is 23.6 Å². The summed E-state index contributed by atoms with van der Waals surface area (Å²) in [5, 5.41) is 0. The number of nitrogens with two attached hydrogens (primary N) is 1. The summed E-state index contributed by atoms with van der Waals surface area (Å²) in [7, 11) is 0. The first-order valence-corrected chi connectivity index (χ1v) is 4.58. The molecule has 1 heteroatoms. The van der Waals surface area contributed by atoms with Gasteiger partial charge < -0.3 is 5.73 Å². The van der Waals surface area contributed by atoms with E-state index in [0.717, 1.165) is 0 Å². The van der Waals surface area contributed by atoms with E-state index in [-0.39, 0.29) is 0 Å². The second kappa shape index (κ2) is 4.24. The lowest BCUT2D eigenvalue weighted by Crippen LogP contribution is -2.00. The van der Waals surface area contributed by atoms with Gasteiger partial charge in [0, 0.05) is 6.54 Å². The molecule has 0 bridgehead atoms. The molecule has 0 aliphatic heterocycles. The first kappa shape index (κ1) is 10.0. The monoisotopic (exact) mass is 175 g/mol. The van der Waals surface area contributed by atoms with Crippen LogP contribution in [0.15, 0.2) is 23.8 Å². The molecule has 0 amide bonds. The molecule has 1 nitrogen and oxygen atoms in total. The number of aryl methyl sites for hydroxylation is 2. The van der Waals surface area contributed by atoms with Gasteiger partial charge in [-0.1, -0.05) is 29.8 Å². The van der Waals surface area contributed by atoms with Crippen molar-refractivity contribution < 1.29 is 0 Å². The average Bonchev–Trinajstić information content (AvgIpc) is 2.11. The zero-order valence-electron chi connectivity index (χ0n) is 8.59. The Morgan fingerprint density at radius 3 is 2.31 bits per heavy atom. The second-order valence-corrected chi connectivity index (χ2v) is 3.50. The third-order valence-electron chi connectivity index (χ3n) is 2.25. The minimum atomic E-state index is 0.633. The Kier molecular flexibility index (Phi) is 3.26. The molecule has 1 aromatic rings. The fraction of sp³-hybridized carbons (Fsp3) is 0.333. The predicted molar refractivity (Wildman–Crippen MR) is 58.6 cm³/mol. The average molecular weight is 175 g/mol. The lowest BCUT2D eigenvalue weighted by molar-refractivity contribution is 1.15. The van der Waals surface area contributed by atoms with Gasteiger partial charge in [-0.15, -0.1) is 0 Å². The summed E-state index contributed by atoms with van der Waals surface area (Å²) in [5.41, 5.74) is 10.7. The SMILES string of the molecule is C/C(=C/c1c(C)cccc1C)CN. The smallest absolute Gasteiger partial charge is 0.0137 e. The number of hydrogen-bond donors (Lipinski definition) is 1. The molecular formula is C12H17N. The fourth-order valence-electron chi connectivity index (χ4n) is 1.36. The summed E-state index contributed by atoms with van der Waals surface area (Å²) in [6, 6.07) is 6.34. The third kappa shape index (κ3) is 2.43. The molecule has 70 valence electrons. The zero-order chi connectivity index (χ0) is 9.84. The van der Waals surface area contributed by atoms with Gasteiger partial charge in [-0.25, -0.2) is 0 Å².